The highest BCUT2D eigenvalue weighted by Crippen LogP contribution is 2.17. The molecule has 0 amide bonds. The number of rotatable bonds is 5. The lowest BCUT2D eigenvalue weighted by Crippen LogP contribution is -1.99. The summed E-state index contributed by atoms with van der Waals surface area (Å²) in [5.41, 5.74) is 0.857. The molecule has 6 nitrogen and oxygen atoms in total. The average molecular weight is 245 g/mol. The minimum Gasteiger partial charge on any atom is -0.478 e. The van der Waals surface area contributed by atoms with E-state index in [1.54, 1.807) is 12.3 Å². The Hall–Kier alpha value is -2.37. The van der Waals surface area contributed by atoms with Gasteiger partial charge in [0.15, 0.2) is 0 Å². The first kappa shape index (κ1) is 12.1. The summed E-state index contributed by atoms with van der Waals surface area (Å²) in [5.74, 6) is 2.04. The Morgan fingerprint density at radius 3 is 2.72 bits per heavy atom. The molecule has 18 heavy (non-hydrogen) atoms. The number of hydrogen-bond acceptors (Lipinski definition) is 6. The minimum absolute atomic E-state index is 0.551. The first-order valence-electron chi connectivity index (χ1n) is 5.67. The molecule has 0 saturated heterocycles. The van der Waals surface area contributed by atoms with Gasteiger partial charge in [-0.3, -0.25) is 0 Å². The Balaban J connectivity index is 2.09. The number of hydrogen-bond donors (Lipinski definition) is 2. The Morgan fingerprint density at radius 1 is 1.17 bits per heavy atom. The maximum Gasteiger partial charge on any atom is 0.218 e. The van der Waals surface area contributed by atoms with Gasteiger partial charge < -0.3 is 15.4 Å². The van der Waals surface area contributed by atoms with Gasteiger partial charge in [-0.15, -0.1) is 0 Å². The third-order valence-corrected chi connectivity index (χ3v) is 2.23. The summed E-state index contributed by atoms with van der Waals surface area (Å²) < 4.78 is 5.30. The van der Waals surface area contributed by atoms with Gasteiger partial charge in [0.05, 0.1) is 18.5 Å². The van der Waals surface area contributed by atoms with Crippen LogP contribution >= 0.6 is 0 Å². The van der Waals surface area contributed by atoms with Crippen LogP contribution in [0.3, 0.4) is 0 Å². The molecule has 0 aromatic carbocycles. The molecule has 6 heteroatoms. The van der Waals surface area contributed by atoms with E-state index in [9.17, 15) is 0 Å². The fourth-order valence-corrected chi connectivity index (χ4v) is 1.40. The standard InChI is InChI=1S/C12H15N5O/c1-3-18-12-6-11(15-8-16-12)17-9-4-5-10(13-2)14-7-9/h4-8H,3H2,1-2H3,(H,13,14)(H,15,16,17). The molecule has 2 aromatic heterocycles. The number of aromatic nitrogens is 3. The summed E-state index contributed by atoms with van der Waals surface area (Å²) >= 11 is 0. The van der Waals surface area contributed by atoms with Crippen molar-refractivity contribution in [1.82, 2.24) is 15.0 Å². The van der Waals surface area contributed by atoms with E-state index in [-0.39, 0.29) is 0 Å². The number of nitrogens with one attached hydrogen (secondary N) is 2. The molecule has 2 N–H and O–H groups in total. The predicted molar refractivity (Wildman–Crippen MR) is 70.3 cm³/mol. The molecule has 0 aliphatic carbocycles. The summed E-state index contributed by atoms with van der Waals surface area (Å²) in [6.45, 7) is 2.49. The van der Waals surface area contributed by atoms with Gasteiger partial charge >= 0.3 is 0 Å². The van der Waals surface area contributed by atoms with Crippen LogP contribution in [-0.4, -0.2) is 28.6 Å². The summed E-state index contributed by atoms with van der Waals surface area (Å²) in [6, 6.07) is 5.55. The van der Waals surface area contributed by atoms with Crippen LogP contribution in [0.2, 0.25) is 0 Å². The molecule has 0 unspecified atom stereocenters. The average Bonchev–Trinajstić information content (AvgIpc) is 2.40. The minimum atomic E-state index is 0.551. The van der Waals surface area contributed by atoms with Crippen molar-refractivity contribution in [1.29, 1.82) is 0 Å². The molecule has 0 saturated carbocycles. The first-order chi connectivity index (χ1) is 8.81. The van der Waals surface area contributed by atoms with E-state index in [4.69, 9.17) is 4.74 Å². The van der Waals surface area contributed by atoms with Crippen LogP contribution in [0.1, 0.15) is 6.92 Å². The first-order valence-corrected chi connectivity index (χ1v) is 5.67. The monoisotopic (exact) mass is 245 g/mol. The van der Waals surface area contributed by atoms with E-state index in [0.717, 1.165) is 11.5 Å². The summed E-state index contributed by atoms with van der Waals surface area (Å²) in [7, 11) is 1.83. The zero-order valence-electron chi connectivity index (χ0n) is 10.3. The highest BCUT2D eigenvalue weighted by Gasteiger charge is 2.00. The number of anilines is 3. The molecule has 0 fully saturated rings. The van der Waals surface area contributed by atoms with E-state index in [2.05, 4.69) is 25.6 Å². The Bertz CT molecular complexity index is 500. The zero-order valence-corrected chi connectivity index (χ0v) is 10.3. The van der Waals surface area contributed by atoms with Crippen LogP contribution in [-0.2, 0) is 0 Å². The molecule has 0 radical (unpaired) electrons. The quantitative estimate of drug-likeness (QED) is 0.840. The van der Waals surface area contributed by atoms with Gasteiger partial charge in [0.2, 0.25) is 5.88 Å². The Morgan fingerprint density at radius 2 is 2.06 bits per heavy atom. The summed E-state index contributed by atoms with van der Waals surface area (Å²) in [4.78, 5) is 12.3. The topological polar surface area (TPSA) is 72.0 Å². The van der Waals surface area contributed by atoms with Crippen LogP contribution in [0, 0.1) is 0 Å². The third-order valence-electron chi connectivity index (χ3n) is 2.23. The Labute approximate surface area is 105 Å². The van der Waals surface area contributed by atoms with Crippen molar-refractivity contribution in [2.24, 2.45) is 0 Å². The number of pyridine rings is 1. The van der Waals surface area contributed by atoms with E-state index >= 15 is 0 Å². The fraction of sp³-hybridized carbons (Fsp3) is 0.250. The normalized spacial score (nSPS) is 9.89. The molecular formula is C12H15N5O. The maximum atomic E-state index is 5.30. The van der Waals surface area contributed by atoms with Gasteiger partial charge in [0, 0.05) is 13.1 Å². The highest BCUT2D eigenvalue weighted by atomic mass is 16.5. The fourth-order valence-electron chi connectivity index (χ4n) is 1.40. The van der Waals surface area contributed by atoms with Gasteiger partial charge in [-0.05, 0) is 19.1 Å². The maximum absolute atomic E-state index is 5.30. The van der Waals surface area contributed by atoms with Crippen molar-refractivity contribution in [3.63, 3.8) is 0 Å². The zero-order chi connectivity index (χ0) is 12.8. The molecular weight excluding hydrogens is 230 g/mol. The highest BCUT2D eigenvalue weighted by molar-refractivity contribution is 5.57. The van der Waals surface area contributed by atoms with Crippen LogP contribution in [0.4, 0.5) is 17.3 Å². The van der Waals surface area contributed by atoms with E-state index in [1.807, 2.05) is 26.1 Å². The van der Waals surface area contributed by atoms with Crippen LogP contribution in [0.5, 0.6) is 5.88 Å². The van der Waals surface area contributed by atoms with Crippen LogP contribution in [0.25, 0.3) is 0 Å². The smallest absolute Gasteiger partial charge is 0.218 e. The van der Waals surface area contributed by atoms with Gasteiger partial charge in [0.25, 0.3) is 0 Å². The molecule has 2 rings (SSSR count). The molecule has 0 aliphatic heterocycles. The van der Waals surface area contributed by atoms with Crippen LogP contribution < -0.4 is 15.4 Å². The van der Waals surface area contributed by atoms with Gasteiger partial charge in [-0.2, -0.15) is 0 Å². The summed E-state index contributed by atoms with van der Waals surface area (Å²) in [5, 5.41) is 6.09. The van der Waals surface area contributed by atoms with Gasteiger partial charge in [0.1, 0.15) is 18.0 Å². The lowest BCUT2D eigenvalue weighted by molar-refractivity contribution is 0.326. The molecule has 0 aliphatic rings. The second-order valence-corrected chi connectivity index (χ2v) is 3.48. The molecule has 94 valence electrons. The lowest BCUT2D eigenvalue weighted by atomic mass is 10.4. The van der Waals surface area contributed by atoms with E-state index in [1.165, 1.54) is 6.33 Å². The molecule has 0 atom stereocenters. The van der Waals surface area contributed by atoms with Crippen molar-refractivity contribution in [2.45, 2.75) is 6.92 Å². The van der Waals surface area contributed by atoms with Crippen molar-refractivity contribution in [2.75, 3.05) is 24.3 Å². The SMILES string of the molecule is CCOc1cc(Nc2ccc(NC)nc2)ncn1. The van der Waals surface area contributed by atoms with Crippen LogP contribution in [0.15, 0.2) is 30.7 Å². The van der Waals surface area contributed by atoms with Crippen molar-refractivity contribution in [3.8, 4) is 5.88 Å². The molecule has 2 aromatic rings. The molecule has 0 bridgehead atoms. The lowest BCUT2D eigenvalue weighted by Gasteiger charge is -2.07. The van der Waals surface area contributed by atoms with E-state index < -0.39 is 0 Å². The second-order valence-electron chi connectivity index (χ2n) is 3.48. The number of ether oxygens (including phenoxy) is 1. The third kappa shape index (κ3) is 3.07. The predicted octanol–water partition coefficient (Wildman–Crippen LogP) is 2.06. The van der Waals surface area contributed by atoms with Gasteiger partial charge in [-0.1, -0.05) is 0 Å². The Kier molecular flexibility index (Phi) is 3.90. The molecule has 0 spiro atoms. The van der Waals surface area contributed by atoms with Crippen molar-refractivity contribution in [3.05, 3.63) is 30.7 Å². The largest absolute Gasteiger partial charge is 0.478 e. The van der Waals surface area contributed by atoms with Crippen molar-refractivity contribution >= 4 is 17.3 Å². The van der Waals surface area contributed by atoms with Gasteiger partial charge in [-0.25, -0.2) is 15.0 Å². The number of nitrogens with zero attached hydrogens (tertiary/aromatic N) is 3. The van der Waals surface area contributed by atoms with Crippen molar-refractivity contribution < 1.29 is 4.74 Å². The summed E-state index contributed by atoms with van der Waals surface area (Å²) in [6.07, 6.45) is 3.19. The molecule has 2 heterocycles. The van der Waals surface area contributed by atoms with E-state index in [0.29, 0.717) is 18.3 Å². The second kappa shape index (κ2) is 5.81.